The van der Waals surface area contributed by atoms with E-state index >= 15 is 0 Å². The molecule has 0 bridgehead atoms. The third kappa shape index (κ3) is 4.41. The first-order valence-corrected chi connectivity index (χ1v) is 9.79. The topological polar surface area (TPSA) is 80.3 Å². The zero-order valence-corrected chi connectivity index (χ0v) is 15.5. The first-order chi connectivity index (χ1) is 12.0. The highest BCUT2D eigenvalue weighted by Crippen LogP contribution is 2.27. The number of halogens is 1. The lowest BCUT2D eigenvalue weighted by Gasteiger charge is -2.09. The van der Waals surface area contributed by atoms with Gasteiger partial charge in [0.1, 0.15) is 15.8 Å². The Labute approximate surface area is 154 Å². The molecular weight excluding hydrogens is 382 g/mol. The molecule has 2 aromatic heterocycles. The minimum absolute atomic E-state index is 0.137. The Balaban J connectivity index is 1.71. The molecule has 0 fully saturated rings. The van der Waals surface area contributed by atoms with Gasteiger partial charge in [-0.05, 0) is 36.4 Å². The molecule has 25 heavy (non-hydrogen) atoms. The molecule has 6 nitrogen and oxygen atoms in total. The summed E-state index contributed by atoms with van der Waals surface area (Å²) in [6, 6.07) is 13.7. The lowest BCUT2D eigenvalue weighted by molar-refractivity contribution is 0.415. The van der Waals surface area contributed by atoms with E-state index in [-0.39, 0.29) is 10.0 Å². The van der Waals surface area contributed by atoms with E-state index in [1.54, 1.807) is 25.4 Å². The molecule has 3 rings (SSSR count). The van der Waals surface area contributed by atoms with Gasteiger partial charge >= 0.3 is 0 Å². The molecule has 0 amide bonds. The fourth-order valence-electron chi connectivity index (χ4n) is 2.03. The van der Waals surface area contributed by atoms with Crippen LogP contribution in [0.2, 0.25) is 4.34 Å². The summed E-state index contributed by atoms with van der Waals surface area (Å²) in [5.41, 5.74) is 1.55. The average molecular weight is 396 g/mol. The van der Waals surface area contributed by atoms with Crippen LogP contribution in [0.3, 0.4) is 0 Å². The van der Waals surface area contributed by atoms with Crippen molar-refractivity contribution in [1.29, 1.82) is 0 Å². The van der Waals surface area contributed by atoms with Crippen molar-refractivity contribution in [2.75, 3.05) is 17.1 Å². The van der Waals surface area contributed by atoms with Crippen molar-refractivity contribution >= 4 is 50.2 Å². The molecule has 1 aromatic carbocycles. The monoisotopic (exact) mass is 395 g/mol. The molecule has 0 unspecified atom stereocenters. The predicted molar refractivity (Wildman–Crippen MR) is 101 cm³/mol. The van der Waals surface area contributed by atoms with Crippen LogP contribution in [0.1, 0.15) is 0 Å². The standard InChI is InChI=1S/C16H14ClN3O3S2/c1-23-13-4-2-3-11(9-13)19-12-5-7-15(18-10-12)20-25(21,22)16-8-6-14(17)24-16/h2-10,19H,1H3,(H,18,20). The van der Waals surface area contributed by atoms with Crippen molar-refractivity contribution in [2.45, 2.75) is 4.21 Å². The van der Waals surface area contributed by atoms with Crippen LogP contribution in [-0.4, -0.2) is 20.5 Å². The SMILES string of the molecule is COc1cccc(Nc2ccc(NS(=O)(=O)c3ccc(Cl)s3)nc2)c1. The smallest absolute Gasteiger partial charge is 0.272 e. The highest BCUT2D eigenvalue weighted by Gasteiger charge is 2.17. The van der Waals surface area contributed by atoms with Gasteiger partial charge in [0.2, 0.25) is 0 Å². The van der Waals surface area contributed by atoms with Crippen LogP contribution in [0.25, 0.3) is 0 Å². The number of hydrogen-bond donors (Lipinski definition) is 2. The molecule has 0 atom stereocenters. The van der Waals surface area contributed by atoms with E-state index in [0.717, 1.165) is 28.5 Å². The minimum Gasteiger partial charge on any atom is -0.497 e. The zero-order chi connectivity index (χ0) is 17.9. The van der Waals surface area contributed by atoms with E-state index < -0.39 is 10.0 Å². The summed E-state index contributed by atoms with van der Waals surface area (Å²) >= 11 is 6.77. The number of aromatic nitrogens is 1. The molecule has 130 valence electrons. The Kier molecular flexibility index (Phi) is 5.12. The zero-order valence-electron chi connectivity index (χ0n) is 13.1. The number of nitrogens with zero attached hydrogens (tertiary/aromatic N) is 1. The van der Waals surface area contributed by atoms with Gasteiger partial charge in [-0.2, -0.15) is 0 Å². The second-order valence-electron chi connectivity index (χ2n) is 4.95. The maximum absolute atomic E-state index is 12.2. The predicted octanol–water partition coefficient (Wildman–Crippen LogP) is 4.35. The van der Waals surface area contributed by atoms with E-state index in [2.05, 4.69) is 15.0 Å². The number of benzene rings is 1. The number of rotatable bonds is 6. The van der Waals surface area contributed by atoms with Gasteiger partial charge in [-0.3, -0.25) is 4.72 Å². The average Bonchev–Trinajstić information content (AvgIpc) is 3.04. The lowest BCUT2D eigenvalue weighted by Crippen LogP contribution is -2.12. The third-order valence-corrected chi connectivity index (χ3v) is 6.25. The van der Waals surface area contributed by atoms with Crippen LogP contribution in [0.15, 0.2) is 58.9 Å². The van der Waals surface area contributed by atoms with Gasteiger partial charge in [0.15, 0.2) is 0 Å². The van der Waals surface area contributed by atoms with Gasteiger partial charge in [0.05, 0.1) is 23.3 Å². The van der Waals surface area contributed by atoms with Gasteiger partial charge in [-0.15, -0.1) is 11.3 Å². The van der Waals surface area contributed by atoms with E-state index in [0.29, 0.717) is 4.34 Å². The Morgan fingerprint density at radius 3 is 2.60 bits per heavy atom. The summed E-state index contributed by atoms with van der Waals surface area (Å²) in [5.74, 6) is 0.956. The number of anilines is 3. The summed E-state index contributed by atoms with van der Waals surface area (Å²) in [6.45, 7) is 0. The number of hydrogen-bond acceptors (Lipinski definition) is 6. The Hall–Kier alpha value is -2.29. The largest absolute Gasteiger partial charge is 0.497 e. The Bertz CT molecular complexity index is 972. The molecule has 0 saturated heterocycles. The fraction of sp³-hybridized carbons (Fsp3) is 0.0625. The van der Waals surface area contributed by atoms with Gasteiger partial charge in [0, 0.05) is 11.8 Å². The Morgan fingerprint density at radius 2 is 1.96 bits per heavy atom. The summed E-state index contributed by atoms with van der Waals surface area (Å²) < 4.78 is 32.6. The summed E-state index contributed by atoms with van der Waals surface area (Å²) in [5, 5.41) is 3.17. The van der Waals surface area contributed by atoms with Crippen molar-refractivity contribution in [1.82, 2.24) is 4.98 Å². The second kappa shape index (κ2) is 7.30. The third-order valence-electron chi connectivity index (χ3n) is 3.17. The molecule has 0 saturated carbocycles. The maximum Gasteiger partial charge on any atom is 0.272 e. The van der Waals surface area contributed by atoms with Crippen LogP contribution < -0.4 is 14.8 Å². The van der Waals surface area contributed by atoms with Crippen molar-refractivity contribution in [3.8, 4) is 5.75 Å². The van der Waals surface area contributed by atoms with Gasteiger partial charge < -0.3 is 10.1 Å². The van der Waals surface area contributed by atoms with Crippen LogP contribution in [0.4, 0.5) is 17.2 Å². The van der Waals surface area contributed by atoms with E-state index in [1.807, 2.05) is 24.3 Å². The second-order valence-corrected chi connectivity index (χ2v) is 8.58. The van der Waals surface area contributed by atoms with E-state index in [1.165, 1.54) is 12.1 Å². The first kappa shape index (κ1) is 17.5. The summed E-state index contributed by atoms with van der Waals surface area (Å²) in [7, 11) is -2.09. The number of pyridine rings is 1. The minimum atomic E-state index is -3.69. The van der Waals surface area contributed by atoms with Crippen molar-refractivity contribution in [3.63, 3.8) is 0 Å². The van der Waals surface area contributed by atoms with Crippen LogP contribution >= 0.6 is 22.9 Å². The molecular formula is C16H14ClN3O3S2. The summed E-state index contributed by atoms with van der Waals surface area (Å²) in [6.07, 6.45) is 1.54. The van der Waals surface area contributed by atoms with Crippen molar-refractivity contribution in [2.24, 2.45) is 0 Å². The molecule has 2 heterocycles. The number of nitrogens with one attached hydrogen (secondary N) is 2. The molecule has 0 spiro atoms. The maximum atomic E-state index is 12.2. The van der Waals surface area contributed by atoms with Gasteiger partial charge in [-0.1, -0.05) is 17.7 Å². The normalized spacial score (nSPS) is 11.1. The molecule has 9 heteroatoms. The molecule has 0 aliphatic rings. The molecule has 0 aliphatic carbocycles. The fourth-order valence-corrected chi connectivity index (χ4v) is 4.52. The lowest BCUT2D eigenvalue weighted by atomic mass is 10.3. The summed E-state index contributed by atoms with van der Waals surface area (Å²) in [4.78, 5) is 4.12. The van der Waals surface area contributed by atoms with Crippen LogP contribution in [0.5, 0.6) is 5.75 Å². The number of methoxy groups -OCH3 is 1. The Morgan fingerprint density at radius 1 is 1.12 bits per heavy atom. The van der Waals surface area contributed by atoms with E-state index in [4.69, 9.17) is 16.3 Å². The number of ether oxygens (including phenoxy) is 1. The molecule has 0 radical (unpaired) electrons. The van der Waals surface area contributed by atoms with E-state index in [9.17, 15) is 8.42 Å². The highest BCUT2D eigenvalue weighted by molar-refractivity contribution is 7.94. The number of thiophene rings is 1. The molecule has 3 aromatic rings. The van der Waals surface area contributed by atoms with Crippen molar-refractivity contribution < 1.29 is 13.2 Å². The van der Waals surface area contributed by atoms with Gasteiger partial charge in [0.25, 0.3) is 10.0 Å². The number of sulfonamides is 1. The van der Waals surface area contributed by atoms with Gasteiger partial charge in [-0.25, -0.2) is 13.4 Å². The molecule has 2 N–H and O–H groups in total. The van der Waals surface area contributed by atoms with Crippen LogP contribution in [0, 0.1) is 0 Å². The first-order valence-electron chi connectivity index (χ1n) is 7.11. The molecule has 0 aliphatic heterocycles. The quantitative estimate of drug-likeness (QED) is 0.648. The van der Waals surface area contributed by atoms with Crippen LogP contribution in [-0.2, 0) is 10.0 Å². The highest BCUT2D eigenvalue weighted by atomic mass is 35.5. The van der Waals surface area contributed by atoms with Crippen molar-refractivity contribution in [3.05, 3.63) is 59.1 Å².